The van der Waals surface area contributed by atoms with Crippen LogP contribution in [0.15, 0.2) is 11.2 Å². The molecule has 2 rings (SSSR count). The number of aromatic nitrogens is 2. The van der Waals surface area contributed by atoms with Crippen LogP contribution in [0.3, 0.4) is 0 Å². The molecule has 1 fully saturated rings. The van der Waals surface area contributed by atoms with E-state index >= 15 is 0 Å². The van der Waals surface area contributed by atoms with E-state index in [1.165, 1.54) is 37.4 Å². The summed E-state index contributed by atoms with van der Waals surface area (Å²) in [5.41, 5.74) is 2.58. The normalized spacial score (nSPS) is 23.1. The molecule has 1 aromatic rings. The molecule has 0 aromatic carbocycles. The number of hydrogen-bond acceptors (Lipinski definition) is 6. The van der Waals surface area contributed by atoms with Crippen LogP contribution in [0.25, 0.3) is 0 Å². The van der Waals surface area contributed by atoms with Crippen LogP contribution in [0, 0.1) is 11.8 Å². The second-order valence-corrected chi connectivity index (χ2v) is 6.06. The van der Waals surface area contributed by atoms with Gasteiger partial charge >= 0.3 is 0 Å². The first-order valence-corrected chi connectivity index (χ1v) is 8.07. The maximum absolute atomic E-state index is 5.42. The summed E-state index contributed by atoms with van der Waals surface area (Å²) in [5, 5.41) is 4.16. The monoisotopic (exact) mass is 281 g/mol. The van der Waals surface area contributed by atoms with Gasteiger partial charge in [0, 0.05) is 12.6 Å². The van der Waals surface area contributed by atoms with Crippen LogP contribution in [-0.4, -0.2) is 22.8 Å². The fourth-order valence-electron chi connectivity index (χ4n) is 2.67. The zero-order valence-electron chi connectivity index (χ0n) is 11.6. The lowest BCUT2D eigenvalue weighted by Crippen LogP contribution is -2.21. The van der Waals surface area contributed by atoms with Crippen LogP contribution < -0.4 is 16.6 Å². The van der Waals surface area contributed by atoms with Crippen molar-refractivity contribution in [3.63, 3.8) is 0 Å². The fraction of sp³-hybridized carbons (Fsp3) is 0.692. The number of anilines is 2. The van der Waals surface area contributed by atoms with Gasteiger partial charge in [0.1, 0.15) is 11.6 Å². The Morgan fingerprint density at radius 1 is 1.37 bits per heavy atom. The lowest BCUT2D eigenvalue weighted by Gasteiger charge is -2.27. The Kier molecular flexibility index (Phi) is 5.27. The van der Waals surface area contributed by atoms with Crippen molar-refractivity contribution >= 4 is 23.4 Å². The van der Waals surface area contributed by atoms with E-state index in [9.17, 15) is 0 Å². The van der Waals surface area contributed by atoms with Crippen molar-refractivity contribution in [3.05, 3.63) is 6.07 Å². The van der Waals surface area contributed by atoms with Gasteiger partial charge in [-0.05, 0) is 30.9 Å². The van der Waals surface area contributed by atoms with Crippen molar-refractivity contribution in [1.29, 1.82) is 0 Å². The number of hydrazine groups is 1. The minimum absolute atomic E-state index is 0.652. The van der Waals surface area contributed by atoms with Crippen molar-refractivity contribution in [2.75, 3.05) is 23.5 Å². The van der Waals surface area contributed by atoms with Gasteiger partial charge in [0.05, 0.1) is 0 Å². The second kappa shape index (κ2) is 6.96. The van der Waals surface area contributed by atoms with Crippen molar-refractivity contribution in [2.45, 2.75) is 37.8 Å². The third-order valence-corrected chi connectivity index (χ3v) is 4.20. The summed E-state index contributed by atoms with van der Waals surface area (Å²) >= 11 is 1.52. The van der Waals surface area contributed by atoms with Gasteiger partial charge in [-0.3, -0.25) is 0 Å². The Hall–Kier alpha value is -1.01. The van der Waals surface area contributed by atoms with E-state index in [4.69, 9.17) is 5.84 Å². The van der Waals surface area contributed by atoms with Gasteiger partial charge in [0.25, 0.3) is 0 Å². The smallest absolute Gasteiger partial charge is 0.191 e. The van der Waals surface area contributed by atoms with Crippen LogP contribution in [0.1, 0.15) is 32.6 Å². The van der Waals surface area contributed by atoms with E-state index in [1.54, 1.807) is 0 Å². The van der Waals surface area contributed by atoms with E-state index < -0.39 is 0 Å². The van der Waals surface area contributed by atoms with Crippen LogP contribution in [0.4, 0.5) is 11.6 Å². The van der Waals surface area contributed by atoms with Crippen LogP contribution in [0.2, 0.25) is 0 Å². The van der Waals surface area contributed by atoms with E-state index in [-0.39, 0.29) is 0 Å². The molecule has 0 amide bonds. The van der Waals surface area contributed by atoms with E-state index in [1.807, 2.05) is 12.3 Å². The Balaban J connectivity index is 1.94. The molecule has 0 aliphatic heterocycles. The molecule has 0 radical (unpaired) electrons. The third kappa shape index (κ3) is 4.24. The molecule has 1 heterocycles. The third-order valence-electron chi connectivity index (χ3n) is 3.65. The second-order valence-electron chi connectivity index (χ2n) is 5.29. The van der Waals surface area contributed by atoms with E-state index in [0.29, 0.717) is 5.82 Å². The molecule has 0 bridgehead atoms. The molecule has 19 heavy (non-hydrogen) atoms. The zero-order chi connectivity index (χ0) is 13.7. The zero-order valence-corrected chi connectivity index (χ0v) is 12.5. The fourth-order valence-corrected chi connectivity index (χ4v) is 3.05. The highest BCUT2D eigenvalue weighted by molar-refractivity contribution is 7.98. The Bertz CT molecular complexity index is 390. The molecule has 1 aromatic heterocycles. The molecule has 1 aliphatic rings. The molecule has 0 spiro atoms. The van der Waals surface area contributed by atoms with Gasteiger partial charge in [-0.25, -0.2) is 15.8 Å². The van der Waals surface area contributed by atoms with Crippen molar-refractivity contribution < 1.29 is 0 Å². The molecule has 1 saturated carbocycles. The largest absolute Gasteiger partial charge is 0.370 e. The molecule has 4 N–H and O–H groups in total. The van der Waals surface area contributed by atoms with Crippen molar-refractivity contribution in [1.82, 2.24) is 9.97 Å². The number of hydrogen-bond donors (Lipinski definition) is 3. The number of rotatable bonds is 5. The molecule has 5 nitrogen and oxygen atoms in total. The first kappa shape index (κ1) is 14.4. The maximum atomic E-state index is 5.42. The predicted molar refractivity (Wildman–Crippen MR) is 81.2 cm³/mol. The summed E-state index contributed by atoms with van der Waals surface area (Å²) in [6.45, 7) is 3.33. The number of thioether (sulfide) groups is 1. The van der Waals surface area contributed by atoms with Crippen LogP contribution >= 0.6 is 11.8 Å². The lowest BCUT2D eigenvalue weighted by molar-refractivity contribution is 0.293. The standard InChI is InChI=1S/C13H23N5S/c1-9-4-3-5-10(6-9)8-15-11-7-12(18-14)17-13(16-11)19-2/h7,9-10H,3-6,8,14H2,1-2H3,(H2,15,16,17,18). The minimum atomic E-state index is 0.652. The number of nitrogens with two attached hydrogens (primary N) is 1. The van der Waals surface area contributed by atoms with Crippen molar-refractivity contribution in [2.24, 2.45) is 17.7 Å². The number of nitrogens with one attached hydrogen (secondary N) is 2. The SMILES string of the molecule is CSc1nc(NN)cc(NCC2CCCC(C)C2)n1. The Morgan fingerprint density at radius 3 is 2.84 bits per heavy atom. The molecular weight excluding hydrogens is 258 g/mol. The van der Waals surface area contributed by atoms with Gasteiger partial charge in [-0.2, -0.15) is 0 Å². The topological polar surface area (TPSA) is 75.9 Å². The van der Waals surface area contributed by atoms with Gasteiger partial charge in [-0.1, -0.05) is 31.5 Å². The predicted octanol–water partition coefficient (Wildman–Crippen LogP) is 2.72. The minimum Gasteiger partial charge on any atom is -0.370 e. The quantitative estimate of drug-likeness (QED) is 0.333. The summed E-state index contributed by atoms with van der Waals surface area (Å²) in [6.07, 6.45) is 7.32. The molecule has 2 unspecified atom stereocenters. The van der Waals surface area contributed by atoms with Gasteiger partial charge in [0.15, 0.2) is 5.16 Å². The summed E-state index contributed by atoms with van der Waals surface area (Å²) < 4.78 is 0. The summed E-state index contributed by atoms with van der Waals surface area (Å²) in [7, 11) is 0. The van der Waals surface area contributed by atoms with Crippen molar-refractivity contribution in [3.8, 4) is 0 Å². The summed E-state index contributed by atoms with van der Waals surface area (Å²) in [6, 6.07) is 1.85. The average molecular weight is 281 g/mol. The molecular formula is C13H23N5S. The van der Waals surface area contributed by atoms with Gasteiger partial charge in [0.2, 0.25) is 0 Å². The first-order chi connectivity index (χ1) is 9.21. The maximum Gasteiger partial charge on any atom is 0.191 e. The first-order valence-electron chi connectivity index (χ1n) is 6.84. The lowest BCUT2D eigenvalue weighted by atomic mass is 9.82. The van der Waals surface area contributed by atoms with Gasteiger partial charge < -0.3 is 10.7 Å². The average Bonchev–Trinajstić information content (AvgIpc) is 2.44. The Morgan fingerprint density at radius 2 is 2.16 bits per heavy atom. The molecule has 0 saturated heterocycles. The molecule has 6 heteroatoms. The van der Waals surface area contributed by atoms with Crippen LogP contribution in [-0.2, 0) is 0 Å². The van der Waals surface area contributed by atoms with E-state index in [0.717, 1.165) is 29.4 Å². The summed E-state index contributed by atoms with van der Waals surface area (Å²) in [5.74, 6) is 8.54. The number of nitrogen functional groups attached to an aromatic ring is 1. The number of nitrogens with zero attached hydrogens (tertiary/aromatic N) is 2. The highest BCUT2D eigenvalue weighted by atomic mass is 32.2. The molecule has 2 atom stereocenters. The highest BCUT2D eigenvalue weighted by Gasteiger charge is 2.18. The van der Waals surface area contributed by atoms with Gasteiger partial charge in [-0.15, -0.1) is 0 Å². The molecule has 106 valence electrons. The molecule has 1 aliphatic carbocycles. The summed E-state index contributed by atoms with van der Waals surface area (Å²) in [4.78, 5) is 8.70. The Labute approximate surface area is 119 Å². The van der Waals surface area contributed by atoms with Crippen LogP contribution in [0.5, 0.6) is 0 Å². The highest BCUT2D eigenvalue weighted by Crippen LogP contribution is 2.28. The van der Waals surface area contributed by atoms with E-state index in [2.05, 4.69) is 27.6 Å².